The van der Waals surface area contributed by atoms with Gasteiger partial charge in [0.25, 0.3) is 11.8 Å². The van der Waals surface area contributed by atoms with Crippen LogP contribution in [-0.2, 0) is 27.1 Å². The second-order valence-electron chi connectivity index (χ2n) is 12.2. The summed E-state index contributed by atoms with van der Waals surface area (Å²) >= 11 is 0. The number of piperidine rings is 1. The number of aromatic amines is 1. The molecule has 4 N–H and O–H groups in total. The van der Waals surface area contributed by atoms with E-state index in [9.17, 15) is 9.59 Å². The second-order valence-corrected chi connectivity index (χ2v) is 12.2. The fraction of sp³-hybridized carbons (Fsp3) is 0.536. The molecule has 4 aliphatic heterocycles. The lowest BCUT2D eigenvalue weighted by Crippen LogP contribution is -2.48. The van der Waals surface area contributed by atoms with Crippen molar-refractivity contribution in [3.05, 3.63) is 34.8 Å². The van der Waals surface area contributed by atoms with Crippen LogP contribution in [0.15, 0.2) is 6.20 Å². The molecule has 1 unspecified atom stereocenters. The normalized spacial score (nSPS) is 25.2. The van der Waals surface area contributed by atoms with Gasteiger partial charge in [0.2, 0.25) is 0 Å². The van der Waals surface area contributed by atoms with E-state index in [0.717, 1.165) is 0 Å². The first-order valence-electron chi connectivity index (χ1n) is 14.5. The van der Waals surface area contributed by atoms with Gasteiger partial charge in [-0.15, -0.1) is 0 Å². The SMILES string of the molecule is N[C@H]1COC[C@@H]1c1nc2c(F)c3c(c(F)c2[nH]1)CC(CN1CCC2(CC1)CN(c1cnc4c(n1)NC(=O)CO4)C(=O)O2)C3. The number of nitrogens with two attached hydrogens (primary N) is 1. The first-order valence-corrected chi connectivity index (χ1v) is 14.5. The van der Waals surface area contributed by atoms with Gasteiger partial charge in [0.15, 0.2) is 29.9 Å². The van der Waals surface area contributed by atoms with Gasteiger partial charge in [0, 0.05) is 38.5 Å². The number of hydrogen-bond donors (Lipinski definition) is 3. The number of ether oxygens (including phenoxy) is 3. The van der Waals surface area contributed by atoms with Gasteiger partial charge in [-0.1, -0.05) is 0 Å². The van der Waals surface area contributed by atoms with Crippen molar-refractivity contribution < 1.29 is 32.6 Å². The molecule has 3 saturated heterocycles. The zero-order valence-electron chi connectivity index (χ0n) is 23.2. The molecule has 3 aromatic rings. The first kappa shape index (κ1) is 26.7. The van der Waals surface area contributed by atoms with E-state index in [2.05, 4.69) is 30.2 Å². The summed E-state index contributed by atoms with van der Waals surface area (Å²) in [6, 6.07) is -0.265. The Hall–Kier alpha value is -3.95. The largest absolute Gasteiger partial charge is 0.465 e. The summed E-state index contributed by atoms with van der Waals surface area (Å²) in [4.78, 5) is 44.1. The van der Waals surface area contributed by atoms with Crippen molar-refractivity contribution in [3.63, 3.8) is 0 Å². The monoisotopic (exact) mass is 596 g/mol. The average Bonchev–Trinajstić information content (AvgIpc) is 3.78. The minimum absolute atomic E-state index is 0.0250. The number of imidazole rings is 1. The van der Waals surface area contributed by atoms with Crippen LogP contribution in [0.1, 0.15) is 35.7 Å². The Bertz CT molecular complexity index is 1610. The average molecular weight is 597 g/mol. The third kappa shape index (κ3) is 4.40. The molecule has 8 rings (SSSR count). The van der Waals surface area contributed by atoms with Crippen LogP contribution in [0.5, 0.6) is 5.88 Å². The highest BCUT2D eigenvalue weighted by atomic mass is 19.1. The van der Waals surface area contributed by atoms with Crippen molar-refractivity contribution in [1.29, 1.82) is 0 Å². The van der Waals surface area contributed by atoms with Gasteiger partial charge in [-0.05, 0) is 29.9 Å². The minimum atomic E-state index is -0.670. The number of aromatic nitrogens is 4. The maximum Gasteiger partial charge on any atom is 0.416 e. The van der Waals surface area contributed by atoms with E-state index in [1.54, 1.807) is 0 Å². The summed E-state index contributed by atoms with van der Waals surface area (Å²) < 4.78 is 47.7. The fourth-order valence-corrected chi connectivity index (χ4v) is 7.06. The molecular formula is C28H30F2N8O5. The number of nitrogens with one attached hydrogen (secondary N) is 2. The van der Waals surface area contributed by atoms with Crippen molar-refractivity contribution in [2.45, 2.75) is 43.2 Å². The highest BCUT2D eigenvalue weighted by Gasteiger charge is 2.48. The molecule has 2 amide bonds. The zero-order chi connectivity index (χ0) is 29.5. The Labute approximate surface area is 244 Å². The van der Waals surface area contributed by atoms with Gasteiger partial charge in [-0.3, -0.25) is 9.69 Å². The molecule has 0 bridgehead atoms. The number of benzene rings is 1. The van der Waals surface area contributed by atoms with Gasteiger partial charge in [-0.2, -0.15) is 0 Å². The Morgan fingerprint density at radius 3 is 2.65 bits per heavy atom. The minimum Gasteiger partial charge on any atom is -0.465 e. The number of carbonyl (C=O) groups is 2. The van der Waals surface area contributed by atoms with Crippen molar-refractivity contribution in [2.24, 2.45) is 11.7 Å². The van der Waals surface area contributed by atoms with Crippen LogP contribution in [0, 0.1) is 17.6 Å². The second kappa shape index (κ2) is 9.79. The molecule has 0 saturated carbocycles. The Kier molecular flexibility index (Phi) is 6.07. The van der Waals surface area contributed by atoms with Crippen molar-refractivity contribution in [2.75, 3.05) is 56.2 Å². The molecule has 226 valence electrons. The maximum absolute atomic E-state index is 15.6. The molecule has 3 atom stereocenters. The van der Waals surface area contributed by atoms with Crippen LogP contribution < -0.4 is 20.7 Å². The molecule has 1 spiro atoms. The third-order valence-corrected chi connectivity index (χ3v) is 9.36. The number of likely N-dealkylation sites (tertiary alicyclic amines) is 1. The van der Waals surface area contributed by atoms with E-state index in [0.29, 0.717) is 82.0 Å². The van der Waals surface area contributed by atoms with Crippen LogP contribution >= 0.6 is 0 Å². The van der Waals surface area contributed by atoms with E-state index in [1.807, 2.05) is 0 Å². The lowest BCUT2D eigenvalue weighted by molar-refractivity contribution is -0.118. The number of nitrogens with zero attached hydrogens (tertiary/aromatic N) is 5. The van der Waals surface area contributed by atoms with Crippen LogP contribution in [0.3, 0.4) is 0 Å². The first-order chi connectivity index (χ1) is 20.8. The summed E-state index contributed by atoms with van der Waals surface area (Å²) in [6.07, 6.45) is 3.01. The van der Waals surface area contributed by atoms with E-state index in [-0.39, 0.29) is 58.9 Å². The van der Waals surface area contributed by atoms with Crippen molar-refractivity contribution >= 4 is 34.7 Å². The molecule has 3 fully saturated rings. The summed E-state index contributed by atoms with van der Waals surface area (Å²) in [6.45, 7) is 2.97. The number of fused-ring (bicyclic) bond motifs is 3. The number of amides is 2. The number of halogens is 2. The zero-order valence-corrected chi connectivity index (χ0v) is 23.2. The van der Waals surface area contributed by atoms with Crippen LogP contribution in [0.4, 0.5) is 25.2 Å². The molecule has 2 aromatic heterocycles. The lowest BCUT2D eigenvalue weighted by Gasteiger charge is -2.38. The topological polar surface area (TPSA) is 161 Å². The van der Waals surface area contributed by atoms with Gasteiger partial charge < -0.3 is 35.1 Å². The van der Waals surface area contributed by atoms with E-state index < -0.39 is 23.3 Å². The predicted molar refractivity (Wildman–Crippen MR) is 147 cm³/mol. The van der Waals surface area contributed by atoms with Gasteiger partial charge in [0.05, 0.1) is 31.9 Å². The molecule has 1 aliphatic carbocycles. The molecule has 1 aromatic carbocycles. The highest BCUT2D eigenvalue weighted by molar-refractivity contribution is 5.95. The van der Waals surface area contributed by atoms with Crippen molar-refractivity contribution in [1.82, 2.24) is 24.8 Å². The predicted octanol–water partition coefficient (Wildman–Crippen LogP) is 1.61. The smallest absolute Gasteiger partial charge is 0.416 e. The van der Waals surface area contributed by atoms with Crippen LogP contribution in [0.2, 0.25) is 0 Å². The summed E-state index contributed by atoms with van der Waals surface area (Å²) in [5, 5.41) is 2.60. The van der Waals surface area contributed by atoms with E-state index in [1.165, 1.54) is 11.1 Å². The quantitative estimate of drug-likeness (QED) is 0.404. The fourth-order valence-electron chi connectivity index (χ4n) is 7.06. The third-order valence-electron chi connectivity index (χ3n) is 9.36. The molecule has 13 nitrogen and oxygen atoms in total. The lowest BCUT2D eigenvalue weighted by atomic mass is 9.90. The van der Waals surface area contributed by atoms with Crippen LogP contribution in [-0.4, -0.2) is 94.5 Å². The number of carbonyl (C=O) groups excluding carboxylic acids is 2. The summed E-state index contributed by atoms with van der Waals surface area (Å²) in [5.41, 5.74) is 6.36. The van der Waals surface area contributed by atoms with Crippen molar-refractivity contribution in [3.8, 4) is 5.88 Å². The number of hydrogen-bond acceptors (Lipinski definition) is 10. The molecule has 6 heterocycles. The Morgan fingerprint density at radius 1 is 1.09 bits per heavy atom. The number of H-pyrrole nitrogens is 1. The Balaban J connectivity index is 0.919. The standard InChI is InChI=1S/C28H30F2N8O5/c29-20-14-5-13(6-15(14)21(30)23-22(20)35-24(36-23)16-9-41-10-17(16)31)8-37-3-1-28(2-4-37)12-38(27(40)43-28)18-7-32-26-25(33-18)34-19(39)11-42-26/h7,13,16-17H,1-6,8-12,31H2,(H,35,36)(H,33,34,39)/t16-,17-/m0/s1. The van der Waals surface area contributed by atoms with Gasteiger partial charge in [-0.25, -0.2) is 28.5 Å². The summed E-state index contributed by atoms with van der Waals surface area (Å²) in [7, 11) is 0. The number of anilines is 2. The van der Waals surface area contributed by atoms with Gasteiger partial charge >= 0.3 is 6.09 Å². The summed E-state index contributed by atoms with van der Waals surface area (Å²) in [5.74, 6) is -0.287. The molecule has 15 heteroatoms. The molecule has 43 heavy (non-hydrogen) atoms. The van der Waals surface area contributed by atoms with E-state index >= 15 is 8.78 Å². The highest BCUT2D eigenvalue weighted by Crippen LogP contribution is 2.40. The molecular weight excluding hydrogens is 566 g/mol. The molecule has 5 aliphatic rings. The van der Waals surface area contributed by atoms with Crippen LogP contribution in [0.25, 0.3) is 11.0 Å². The maximum atomic E-state index is 15.6. The Morgan fingerprint density at radius 2 is 1.88 bits per heavy atom. The number of rotatable bonds is 4. The molecule has 0 radical (unpaired) electrons. The van der Waals surface area contributed by atoms with Gasteiger partial charge in [0.1, 0.15) is 22.5 Å². The van der Waals surface area contributed by atoms with E-state index in [4.69, 9.17) is 19.9 Å².